The molecule has 0 spiro atoms. The number of nitrogens with zero attached hydrogens (tertiary/aromatic N) is 4. The van der Waals surface area contributed by atoms with E-state index >= 15 is 0 Å². The van der Waals surface area contributed by atoms with Gasteiger partial charge in [0.1, 0.15) is 5.69 Å². The largest absolute Gasteiger partial charge is 0.462 e. The molecule has 2 aromatic heterocycles. The number of hydrogen-bond donors (Lipinski definition) is 0. The lowest BCUT2D eigenvalue weighted by molar-refractivity contribution is 0.0526. The van der Waals surface area contributed by atoms with E-state index < -0.39 is 0 Å². The van der Waals surface area contributed by atoms with Crippen molar-refractivity contribution in [1.82, 2.24) is 14.3 Å². The van der Waals surface area contributed by atoms with Crippen molar-refractivity contribution in [2.45, 2.75) is 26.9 Å². The van der Waals surface area contributed by atoms with Gasteiger partial charge in [-0.2, -0.15) is 10.1 Å². The highest BCUT2D eigenvalue weighted by Gasteiger charge is 2.14. The Morgan fingerprint density at radius 1 is 1.25 bits per heavy atom. The molecule has 1 amide bonds. The lowest BCUT2D eigenvalue weighted by Gasteiger charge is -2.05. The van der Waals surface area contributed by atoms with Crippen molar-refractivity contribution in [3.05, 3.63) is 46.5 Å². The zero-order chi connectivity index (χ0) is 20.1. The minimum absolute atomic E-state index is 0.315. The Hall–Kier alpha value is -2.78. The molecule has 0 N–H and O–H groups in total. The predicted octanol–water partition coefficient (Wildman–Crippen LogP) is 2.48. The van der Waals surface area contributed by atoms with Crippen molar-refractivity contribution in [1.29, 1.82) is 0 Å². The maximum Gasteiger partial charge on any atom is 0.338 e. The van der Waals surface area contributed by atoms with Crippen LogP contribution in [0.3, 0.4) is 0 Å². The maximum absolute atomic E-state index is 12.7. The Balaban J connectivity index is 2.09. The highest BCUT2D eigenvalue weighted by atomic mass is 32.1. The SMILES string of the molecule is CCOC(=O)c1ccc2c(c1)sc(=NC(=O)c1ccnn1CC)n2CCOC. The van der Waals surface area contributed by atoms with Crippen molar-refractivity contribution < 1.29 is 19.1 Å². The zero-order valence-electron chi connectivity index (χ0n) is 16.0. The second-order valence-electron chi connectivity index (χ2n) is 5.88. The maximum atomic E-state index is 12.7. The van der Waals surface area contributed by atoms with E-state index in [1.54, 1.807) is 43.1 Å². The van der Waals surface area contributed by atoms with Crippen molar-refractivity contribution in [3.8, 4) is 0 Å². The van der Waals surface area contributed by atoms with Gasteiger partial charge in [0.25, 0.3) is 5.91 Å². The molecule has 9 heteroatoms. The van der Waals surface area contributed by atoms with Crippen molar-refractivity contribution in [2.24, 2.45) is 4.99 Å². The summed E-state index contributed by atoms with van der Waals surface area (Å²) in [6.07, 6.45) is 1.59. The molecule has 8 nitrogen and oxygen atoms in total. The molecule has 0 unspecified atom stereocenters. The molecular weight excluding hydrogens is 380 g/mol. The first-order chi connectivity index (χ1) is 13.6. The van der Waals surface area contributed by atoms with E-state index in [1.807, 2.05) is 17.6 Å². The topological polar surface area (TPSA) is 87.7 Å². The average molecular weight is 402 g/mol. The number of methoxy groups -OCH3 is 1. The highest BCUT2D eigenvalue weighted by molar-refractivity contribution is 7.16. The summed E-state index contributed by atoms with van der Waals surface area (Å²) in [4.78, 5) is 29.6. The van der Waals surface area contributed by atoms with Gasteiger partial charge in [0.05, 0.1) is 29.0 Å². The van der Waals surface area contributed by atoms with E-state index in [9.17, 15) is 9.59 Å². The number of carbonyl (C=O) groups excluding carboxylic acids is 2. The van der Waals surface area contributed by atoms with Crippen molar-refractivity contribution in [2.75, 3.05) is 20.3 Å². The fraction of sp³-hybridized carbons (Fsp3) is 0.368. The molecule has 0 aliphatic carbocycles. The van der Waals surface area contributed by atoms with Crippen LogP contribution in [0.5, 0.6) is 0 Å². The lowest BCUT2D eigenvalue weighted by Crippen LogP contribution is -2.20. The molecule has 0 atom stereocenters. The Bertz CT molecular complexity index is 1060. The lowest BCUT2D eigenvalue weighted by atomic mass is 10.2. The average Bonchev–Trinajstić information content (AvgIpc) is 3.30. The standard InChI is InChI=1S/C19H22N4O4S/c1-4-23-15(8-9-20-23)17(24)21-19-22(10-11-26-3)14-7-6-13(12-16(14)28-19)18(25)27-5-2/h6-9,12H,4-5,10-11H2,1-3H3. The number of hydrogen-bond acceptors (Lipinski definition) is 6. The minimum atomic E-state index is -0.373. The van der Waals surface area contributed by atoms with Gasteiger partial charge < -0.3 is 14.0 Å². The second-order valence-corrected chi connectivity index (χ2v) is 6.89. The van der Waals surface area contributed by atoms with Gasteiger partial charge in [-0.05, 0) is 38.1 Å². The quantitative estimate of drug-likeness (QED) is 0.567. The van der Waals surface area contributed by atoms with Gasteiger partial charge in [0, 0.05) is 26.4 Å². The zero-order valence-corrected chi connectivity index (χ0v) is 16.9. The van der Waals surface area contributed by atoms with Gasteiger partial charge in [0.2, 0.25) is 0 Å². The first-order valence-electron chi connectivity index (χ1n) is 8.99. The summed E-state index contributed by atoms with van der Waals surface area (Å²) >= 11 is 1.35. The van der Waals surface area contributed by atoms with Gasteiger partial charge >= 0.3 is 5.97 Å². The van der Waals surface area contributed by atoms with Crippen LogP contribution >= 0.6 is 11.3 Å². The summed E-state index contributed by atoms with van der Waals surface area (Å²) in [6, 6.07) is 6.98. The number of benzene rings is 1. The number of amides is 1. The molecule has 0 aliphatic heterocycles. The fourth-order valence-electron chi connectivity index (χ4n) is 2.81. The van der Waals surface area contributed by atoms with Crippen molar-refractivity contribution in [3.63, 3.8) is 0 Å². The van der Waals surface area contributed by atoms with Crippen LogP contribution in [0.1, 0.15) is 34.7 Å². The van der Waals surface area contributed by atoms with Crippen LogP contribution in [0.2, 0.25) is 0 Å². The van der Waals surface area contributed by atoms with E-state index in [0.717, 1.165) is 10.2 Å². The molecule has 0 bridgehead atoms. The molecule has 3 rings (SSSR count). The number of aryl methyl sites for hydroxylation is 1. The van der Waals surface area contributed by atoms with Crippen LogP contribution < -0.4 is 4.80 Å². The summed E-state index contributed by atoms with van der Waals surface area (Å²) in [5, 5.41) is 4.12. The van der Waals surface area contributed by atoms with E-state index in [1.165, 1.54) is 11.3 Å². The van der Waals surface area contributed by atoms with Crippen LogP contribution in [0, 0.1) is 0 Å². The predicted molar refractivity (Wildman–Crippen MR) is 105 cm³/mol. The second kappa shape index (κ2) is 8.94. The summed E-state index contributed by atoms with van der Waals surface area (Å²) < 4.78 is 14.6. The molecule has 28 heavy (non-hydrogen) atoms. The summed E-state index contributed by atoms with van der Waals surface area (Å²) in [5.74, 6) is -0.731. The molecule has 148 valence electrons. The number of esters is 1. The first-order valence-corrected chi connectivity index (χ1v) is 9.81. The third kappa shape index (κ3) is 4.05. The monoisotopic (exact) mass is 402 g/mol. The third-order valence-electron chi connectivity index (χ3n) is 4.15. The fourth-order valence-corrected chi connectivity index (χ4v) is 3.90. The van der Waals surface area contributed by atoms with Crippen LogP contribution in [-0.4, -0.2) is 46.5 Å². The summed E-state index contributed by atoms with van der Waals surface area (Å²) in [5.41, 5.74) is 1.78. The molecule has 2 heterocycles. The van der Waals surface area contributed by atoms with Crippen molar-refractivity contribution >= 4 is 33.4 Å². The van der Waals surface area contributed by atoms with Gasteiger partial charge in [-0.1, -0.05) is 11.3 Å². The highest BCUT2D eigenvalue weighted by Crippen LogP contribution is 2.20. The number of fused-ring (bicyclic) bond motifs is 1. The number of aromatic nitrogens is 3. The molecular formula is C19H22N4O4S. The Morgan fingerprint density at radius 3 is 2.79 bits per heavy atom. The third-order valence-corrected chi connectivity index (χ3v) is 5.19. The summed E-state index contributed by atoms with van der Waals surface area (Å²) in [7, 11) is 1.62. The van der Waals surface area contributed by atoms with E-state index in [2.05, 4.69) is 10.1 Å². The van der Waals surface area contributed by atoms with E-state index in [-0.39, 0.29) is 11.9 Å². The molecule has 3 aromatic rings. The Kier molecular flexibility index (Phi) is 6.37. The number of rotatable bonds is 7. The van der Waals surface area contributed by atoms with Gasteiger partial charge in [0.15, 0.2) is 4.80 Å². The number of thiazole rings is 1. The van der Waals surface area contributed by atoms with Gasteiger partial charge in [-0.25, -0.2) is 4.79 Å². The van der Waals surface area contributed by atoms with Gasteiger partial charge in [-0.3, -0.25) is 9.48 Å². The molecule has 0 saturated carbocycles. The Labute approximate surface area is 166 Å². The molecule has 0 aliphatic rings. The number of ether oxygens (including phenoxy) is 2. The van der Waals surface area contributed by atoms with E-state index in [4.69, 9.17) is 9.47 Å². The number of carbonyl (C=O) groups is 2. The minimum Gasteiger partial charge on any atom is -0.462 e. The molecule has 1 aromatic carbocycles. The van der Waals surface area contributed by atoms with Crippen LogP contribution in [0.25, 0.3) is 10.2 Å². The summed E-state index contributed by atoms with van der Waals surface area (Å²) in [6.45, 7) is 5.59. The molecule has 0 radical (unpaired) electrons. The van der Waals surface area contributed by atoms with Gasteiger partial charge in [-0.15, -0.1) is 0 Å². The normalized spacial score (nSPS) is 11.9. The smallest absolute Gasteiger partial charge is 0.338 e. The molecule has 0 saturated heterocycles. The Morgan fingerprint density at radius 2 is 2.07 bits per heavy atom. The molecule has 0 fully saturated rings. The van der Waals surface area contributed by atoms with Crippen LogP contribution in [-0.2, 0) is 22.6 Å². The van der Waals surface area contributed by atoms with Crippen LogP contribution in [0.4, 0.5) is 0 Å². The van der Waals surface area contributed by atoms with Crippen LogP contribution in [0.15, 0.2) is 35.5 Å². The first kappa shape index (κ1) is 20.0. The van der Waals surface area contributed by atoms with E-state index in [0.29, 0.717) is 42.4 Å².